The first kappa shape index (κ1) is 15.1. The van der Waals surface area contributed by atoms with E-state index in [0.717, 1.165) is 36.1 Å². The first-order valence-corrected chi connectivity index (χ1v) is 7.33. The molecule has 0 fully saturated rings. The van der Waals surface area contributed by atoms with Gasteiger partial charge < -0.3 is 14.5 Å². The van der Waals surface area contributed by atoms with Crippen molar-refractivity contribution in [3.63, 3.8) is 0 Å². The molecule has 1 atom stereocenters. The van der Waals surface area contributed by atoms with Gasteiger partial charge in [0, 0.05) is 12.5 Å². The van der Waals surface area contributed by atoms with Crippen LogP contribution in [-0.4, -0.2) is 19.3 Å². The molecule has 0 amide bonds. The molecule has 1 aromatic carbocycles. The van der Waals surface area contributed by atoms with E-state index < -0.39 is 0 Å². The molecule has 110 valence electrons. The van der Waals surface area contributed by atoms with Gasteiger partial charge in [0.05, 0.1) is 11.6 Å². The topological polar surface area (TPSA) is 34.4 Å². The minimum absolute atomic E-state index is 0.176. The van der Waals surface area contributed by atoms with Crippen molar-refractivity contribution in [3.8, 4) is 0 Å². The molecule has 3 heteroatoms. The highest BCUT2D eigenvalue weighted by atomic mass is 16.5. The minimum Gasteiger partial charge on any atom is -0.459 e. The molecule has 2 rings (SSSR count). The van der Waals surface area contributed by atoms with E-state index in [1.807, 2.05) is 18.2 Å². The van der Waals surface area contributed by atoms with Crippen LogP contribution in [0, 0.1) is 0 Å². The Hall–Kier alpha value is -1.32. The van der Waals surface area contributed by atoms with E-state index in [0.29, 0.717) is 0 Å². The van der Waals surface area contributed by atoms with Gasteiger partial charge in [-0.3, -0.25) is 0 Å². The van der Waals surface area contributed by atoms with E-state index in [9.17, 15) is 0 Å². The van der Waals surface area contributed by atoms with Gasteiger partial charge in [0.2, 0.25) is 0 Å². The first-order valence-electron chi connectivity index (χ1n) is 7.33. The molecule has 1 N–H and O–H groups in total. The van der Waals surface area contributed by atoms with Crippen LogP contribution < -0.4 is 5.32 Å². The van der Waals surface area contributed by atoms with Crippen LogP contribution in [-0.2, 0) is 4.74 Å². The highest BCUT2D eigenvalue weighted by molar-refractivity contribution is 5.77. The molecule has 1 heterocycles. The van der Waals surface area contributed by atoms with E-state index in [1.54, 1.807) is 7.11 Å². The van der Waals surface area contributed by atoms with E-state index >= 15 is 0 Å². The molecule has 0 aliphatic carbocycles. The van der Waals surface area contributed by atoms with E-state index in [4.69, 9.17) is 9.15 Å². The second-order valence-corrected chi connectivity index (χ2v) is 5.86. The highest BCUT2D eigenvalue weighted by Gasteiger charge is 2.25. The lowest BCUT2D eigenvalue weighted by Crippen LogP contribution is -2.32. The van der Waals surface area contributed by atoms with E-state index in [2.05, 4.69) is 38.2 Å². The molecule has 0 bridgehead atoms. The summed E-state index contributed by atoms with van der Waals surface area (Å²) in [6.45, 7) is 7.36. The Kier molecular flexibility index (Phi) is 4.84. The summed E-state index contributed by atoms with van der Waals surface area (Å²) in [4.78, 5) is 0. The highest BCUT2D eigenvalue weighted by Crippen LogP contribution is 2.30. The predicted molar refractivity (Wildman–Crippen MR) is 83.0 cm³/mol. The number of methoxy groups -OCH3 is 1. The maximum absolute atomic E-state index is 6.00. The Morgan fingerprint density at radius 3 is 2.70 bits per heavy atom. The van der Waals surface area contributed by atoms with Gasteiger partial charge in [-0.2, -0.15) is 0 Å². The third-order valence-electron chi connectivity index (χ3n) is 3.68. The Morgan fingerprint density at radius 1 is 1.30 bits per heavy atom. The third-order valence-corrected chi connectivity index (χ3v) is 3.68. The number of benzene rings is 1. The van der Waals surface area contributed by atoms with Crippen molar-refractivity contribution in [2.24, 2.45) is 0 Å². The zero-order valence-electron chi connectivity index (χ0n) is 12.9. The maximum atomic E-state index is 6.00. The zero-order valence-corrected chi connectivity index (χ0v) is 12.9. The fourth-order valence-electron chi connectivity index (χ4n) is 2.34. The number of nitrogens with one attached hydrogen (secondary N) is 1. The SMILES string of the molecule is CCCNC(CC(C)(C)OC)c1cc2ccccc2o1. The van der Waals surface area contributed by atoms with Gasteiger partial charge in [-0.15, -0.1) is 0 Å². The summed E-state index contributed by atoms with van der Waals surface area (Å²) in [5.41, 5.74) is 0.769. The summed E-state index contributed by atoms with van der Waals surface area (Å²) >= 11 is 0. The lowest BCUT2D eigenvalue weighted by molar-refractivity contribution is 0.00516. The summed E-state index contributed by atoms with van der Waals surface area (Å²) in [5, 5.41) is 4.72. The Morgan fingerprint density at radius 2 is 2.05 bits per heavy atom. The Balaban J connectivity index is 2.24. The molecular formula is C17H25NO2. The van der Waals surface area contributed by atoms with Gasteiger partial charge >= 0.3 is 0 Å². The second kappa shape index (κ2) is 6.42. The number of hydrogen-bond donors (Lipinski definition) is 1. The van der Waals surface area contributed by atoms with Crippen LogP contribution in [0.15, 0.2) is 34.7 Å². The zero-order chi connectivity index (χ0) is 14.6. The molecule has 1 unspecified atom stereocenters. The lowest BCUT2D eigenvalue weighted by atomic mass is 9.97. The largest absolute Gasteiger partial charge is 0.459 e. The normalized spacial score (nSPS) is 13.8. The van der Waals surface area contributed by atoms with Crippen molar-refractivity contribution in [3.05, 3.63) is 36.1 Å². The molecule has 3 nitrogen and oxygen atoms in total. The van der Waals surface area contributed by atoms with Crippen LogP contribution >= 0.6 is 0 Å². The van der Waals surface area contributed by atoms with Crippen molar-refractivity contribution in [1.82, 2.24) is 5.32 Å². The average molecular weight is 275 g/mol. The number of furan rings is 1. The predicted octanol–water partition coefficient (Wildman–Crippen LogP) is 4.29. The Labute approximate surface area is 121 Å². The van der Waals surface area contributed by atoms with Crippen molar-refractivity contribution < 1.29 is 9.15 Å². The molecule has 0 aliphatic rings. The number of para-hydroxylation sites is 1. The van der Waals surface area contributed by atoms with Crippen LogP contribution in [0.5, 0.6) is 0 Å². The van der Waals surface area contributed by atoms with Crippen molar-refractivity contribution in [2.45, 2.75) is 45.3 Å². The summed E-state index contributed by atoms with van der Waals surface area (Å²) < 4.78 is 11.6. The summed E-state index contributed by atoms with van der Waals surface area (Å²) in [7, 11) is 1.76. The van der Waals surface area contributed by atoms with Gasteiger partial charge in [0.1, 0.15) is 11.3 Å². The van der Waals surface area contributed by atoms with Crippen LogP contribution in [0.1, 0.15) is 45.4 Å². The number of rotatable bonds is 7. The van der Waals surface area contributed by atoms with Crippen LogP contribution in [0.4, 0.5) is 0 Å². The van der Waals surface area contributed by atoms with Gasteiger partial charge in [-0.1, -0.05) is 25.1 Å². The number of fused-ring (bicyclic) bond motifs is 1. The van der Waals surface area contributed by atoms with Crippen LogP contribution in [0.2, 0.25) is 0 Å². The monoisotopic (exact) mass is 275 g/mol. The van der Waals surface area contributed by atoms with Gasteiger partial charge in [-0.05, 0) is 45.4 Å². The maximum Gasteiger partial charge on any atom is 0.134 e. The van der Waals surface area contributed by atoms with E-state index in [1.165, 1.54) is 0 Å². The van der Waals surface area contributed by atoms with Crippen molar-refractivity contribution in [2.75, 3.05) is 13.7 Å². The van der Waals surface area contributed by atoms with Crippen molar-refractivity contribution >= 4 is 11.0 Å². The van der Waals surface area contributed by atoms with Gasteiger partial charge in [-0.25, -0.2) is 0 Å². The molecule has 0 radical (unpaired) electrons. The fraction of sp³-hybridized carbons (Fsp3) is 0.529. The number of ether oxygens (including phenoxy) is 1. The molecule has 0 aliphatic heterocycles. The molecule has 0 spiro atoms. The van der Waals surface area contributed by atoms with Crippen LogP contribution in [0.25, 0.3) is 11.0 Å². The first-order chi connectivity index (χ1) is 9.55. The summed E-state index contributed by atoms with van der Waals surface area (Å²) in [6, 6.07) is 10.4. The van der Waals surface area contributed by atoms with Gasteiger partial charge in [0.15, 0.2) is 0 Å². The lowest BCUT2D eigenvalue weighted by Gasteiger charge is -2.28. The summed E-state index contributed by atoms with van der Waals surface area (Å²) in [6.07, 6.45) is 1.98. The number of hydrogen-bond acceptors (Lipinski definition) is 3. The third kappa shape index (κ3) is 3.62. The second-order valence-electron chi connectivity index (χ2n) is 5.86. The minimum atomic E-state index is -0.176. The molecule has 0 saturated heterocycles. The molecular weight excluding hydrogens is 250 g/mol. The molecule has 1 aromatic heterocycles. The van der Waals surface area contributed by atoms with Gasteiger partial charge in [0.25, 0.3) is 0 Å². The standard InChI is InChI=1S/C17H25NO2/c1-5-10-18-14(12-17(2,3)19-4)16-11-13-8-6-7-9-15(13)20-16/h6-9,11,14,18H,5,10,12H2,1-4H3. The van der Waals surface area contributed by atoms with Crippen molar-refractivity contribution in [1.29, 1.82) is 0 Å². The quantitative estimate of drug-likeness (QED) is 0.818. The smallest absolute Gasteiger partial charge is 0.134 e. The van der Waals surface area contributed by atoms with E-state index in [-0.39, 0.29) is 11.6 Å². The molecule has 2 aromatic rings. The summed E-state index contributed by atoms with van der Waals surface area (Å²) in [5.74, 6) is 0.991. The molecule has 20 heavy (non-hydrogen) atoms. The van der Waals surface area contributed by atoms with Crippen LogP contribution in [0.3, 0.4) is 0 Å². The Bertz CT molecular complexity index is 512. The average Bonchev–Trinajstić information content (AvgIpc) is 2.87. The molecule has 0 saturated carbocycles. The fourth-order valence-corrected chi connectivity index (χ4v) is 2.34.